The summed E-state index contributed by atoms with van der Waals surface area (Å²) in [4.78, 5) is 14.8. The Kier molecular flexibility index (Phi) is 5.36. The van der Waals surface area contributed by atoms with Crippen LogP contribution in [0.5, 0.6) is 0 Å². The average Bonchev–Trinajstić information content (AvgIpc) is 2.26. The minimum atomic E-state index is -3.60. The van der Waals surface area contributed by atoms with Gasteiger partial charge in [0.25, 0.3) is 0 Å². The first-order valence-electron chi connectivity index (χ1n) is 5.20. The number of carbonyl (C=O) groups excluding carboxylic acids is 1. The first-order valence-corrected chi connectivity index (χ1v) is 7.23. The maximum absolute atomic E-state index is 11.6. The molecule has 6 nitrogen and oxygen atoms in total. The van der Waals surface area contributed by atoms with Crippen LogP contribution in [0, 0.1) is 0 Å². The van der Waals surface area contributed by atoms with Crippen LogP contribution in [0.25, 0.3) is 0 Å². The predicted molar refractivity (Wildman–Crippen MR) is 67.9 cm³/mol. The summed E-state index contributed by atoms with van der Waals surface area (Å²) in [5.41, 5.74) is 0.304. The minimum Gasteiger partial charge on any atom is -0.466 e. The Hall–Kier alpha value is -1.34. The summed E-state index contributed by atoms with van der Waals surface area (Å²) >= 11 is 5.62. The van der Waals surface area contributed by atoms with Crippen molar-refractivity contribution in [1.82, 2.24) is 4.98 Å². The van der Waals surface area contributed by atoms with Crippen LogP contribution < -0.4 is 4.72 Å². The van der Waals surface area contributed by atoms with Crippen molar-refractivity contribution in [2.45, 2.75) is 13.3 Å². The summed E-state index contributed by atoms with van der Waals surface area (Å²) in [5, 5.41) is 0.181. The van der Waals surface area contributed by atoms with Crippen molar-refractivity contribution < 1.29 is 17.9 Å². The lowest BCUT2D eigenvalue weighted by atomic mass is 10.4. The lowest BCUT2D eigenvalue weighted by Crippen LogP contribution is -2.20. The van der Waals surface area contributed by atoms with Gasteiger partial charge in [-0.3, -0.25) is 9.52 Å². The standard InChI is InChI=1S/C10H13ClN2O4S/c1-2-17-10(14)4-6-18(15,16)13-8-3-5-12-9(11)7-8/h3,5,7H,2,4,6H2,1H3,(H,12,13). The number of anilines is 1. The van der Waals surface area contributed by atoms with Gasteiger partial charge < -0.3 is 4.74 Å². The fourth-order valence-corrected chi connectivity index (χ4v) is 2.34. The third kappa shape index (κ3) is 5.33. The molecule has 0 fully saturated rings. The van der Waals surface area contributed by atoms with Crippen LogP contribution in [-0.4, -0.2) is 31.7 Å². The number of halogens is 1. The molecule has 18 heavy (non-hydrogen) atoms. The number of nitrogens with one attached hydrogen (secondary N) is 1. The van der Waals surface area contributed by atoms with Crippen molar-refractivity contribution in [3.05, 3.63) is 23.5 Å². The Balaban J connectivity index is 2.57. The lowest BCUT2D eigenvalue weighted by molar-refractivity contribution is -0.142. The number of sulfonamides is 1. The van der Waals surface area contributed by atoms with E-state index >= 15 is 0 Å². The van der Waals surface area contributed by atoms with Crippen LogP contribution >= 0.6 is 11.6 Å². The quantitative estimate of drug-likeness (QED) is 0.633. The second kappa shape index (κ2) is 6.55. The molecule has 1 N–H and O–H groups in total. The highest BCUT2D eigenvalue weighted by Crippen LogP contribution is 2.13. The molecule has 0 saturated heterocycles. The molecule has 8 heteroatoms. The van der Waals surface area contributed by atoms with Gasteiger partial charge in [-0.25, -0.2) is 13.4 Å². The Morgan fingerprint density at radius 1 is 1.56 bits per heavy atom. The fraction of sp³-hybridized carbons (Fsp3) is 0.400. The molecule has 0 amide bonds. The summed E-state index contributed by atoms with van der Waals surface area (Å²) in [5.74, 6) is -0.887. The van der Waals surface area contributed by atoms with Gasteiger partial charge in [0, 0.05) is 6.20 Å². The van der Waals surface area contributed by atoms with Crippen molar-refractivity contribution in [2.75, 3.05) is 17.1 Å². The SMILES string of the molecule is CCOC(=O)CCS(=O)(=O)Nc1ccnc(Cl)c1. The van der Waals surface area contributed by atoms with Gasteiger partial charge in [0.15, 0.2) is 0 Å². The highest BCUT2D eigenvalue weighted by atomic mass is 35.5. The molecule has 1 rings (SSSR count). The molecule has 0 unspecified atom stereocenters. The lowest BCUT2D eigenvalue weighted by Gasteiger charge is -2.07. The summed E-state index contributed by atoms with van der Waals surface area (Å²) in [6.07, 6.45) is 1.19. The Labute approximate surface area is 110 Å². The molecule has 1 aromatic rings. The van der Waals surface area contributed by atoms with Crippen molar-refractivity contribution in [3.63, 3.8) is 0 Å². The molecule has 0 aliphatic rings. The Bertz CT molecular complexity index is 518. The first kappa shape index (κ1) is 14.7. The molecule has 100 valence electrons. The van der Waals surface area contributed by atoms with Crippen LogP contribution in [0.4, 0.5) is 5.69 Å². The van der Waals surface area contributed by atoms with Crippen LogP contribution in [0.2, 0.25) is 5.15 Å². The number of aromatic nitrogens is 1. The summed E-state index contributed by atoms with van der Waals surface area (Å²) in [6.45, 7) is 1.88. The Morgan fingerprint density at radius 3 is 2.89 bits per heavy atom. The predicted octanol–water partition coefficient (Wildman–Crippen LogP) is 1.43. The number of ether oxygens (including phenoxy) is 1. The molecule has 0 bridgehead atoms. The van der Waals surface area contributed by atoms with E-state index in [1.54, 1.807) is 6.92 Å². The van der Waals surface area contributed by atoms with Gasteiger partial charge >= 0.3 is 5.97 Å². The molecule has 0 aliphatic carbocycles. The van der Waals surface area contributed by atoms with E-state index in [1.807, 2.05) is 0 Å². The van der Waals surface area contributed by atoms with Gasteiger partial charge in [-0.1, -0.05) is 11.6 Å². The van der Waals surface area contributed by atoms with Gasteiger partial charge in [0.05, 0.1) is 24.5 Å². The maximum Gasteiger partial charge on any atom is 0.306 e. The van der Waals surface area contributed by atoms with E-state index in [4.69, 9.17) is 11.6 Å². The summed E-state index contributed by atoms with van der Waals surface area (Å²) in [6, 6.07) is 2.84. The van der Waals surface area contributed by atoms with Crippen molar-refractivity contribution in [1.29, 1.82) is 0 Å². The summed E-state index contributed by atoms with van der Waals surface area (Å²) < 4.78 is 30.2. The topological polar surface area (TPSA) is 85.4 Å². The molecule has 0 radical (unpaired) electrons. The smallest absolute Gasteiger partial charge is 0.306 e. The van der Waals surface area contributed by atoms with Gasteiger partial charge in [-0.05, 0) is 19.1 Å². The van der Waals surface area contributed by atoms with E-state index in [2.05, 4.69) is 14.4 Å². The number of hydrogen-bond donors (Lipinski definition) is 1. The zero-order chi connectivity index (χ0) is 13.6. The largest absolute Gasteiger partial charge is 0.466 e. The number of hydrogen-bond acceptors (Lipinski definition) is 5. The number of nitrogens with zero attached hydrogens (tertiary/aromatic N) is 1. The molecule has 1 heterocycles. The molecular formula is C10H13ClN2O4S. The van der Waals surface area contributed by atoms with Crippen molar-refractivity contribution in [3.8, 4) is 0 Å². The maximum atomic E-state index is 11.6. The molecule has 0 aromatic carbocycles. The number of pyridine rings is 1. The molecule has 0 saturated carbocycles. The van der Waals surface area contributed by atoms with E-state index in [9.17, 15) is 13.2 Å². The third-order valence-electron chi connectivity index (χ3n) is 1.88. The van der Waals surface area contributed by atoms with Crippen LogP contribution in [0.15, 0.2) is 18.3 Å². The molecule has 0 atom stereocenters. The molecule has 0 aliphatic heterocycles. The average molecular weight is 293 g/mol. The van der Waals surface area contributed by atoms with Gasteiger partial charge in [-0.15, -0.1) is 0 Å². The van der Waals surface area contributed by atoms with Crippen LogP contribution in [0.3, 0.4) is 0 Å². The zero-order valence-corrected chi connectivity index (χ0v) is 11.3. The molecule has 1 aromatic heterocycles. The minimum absolute atomic E-state index is 0.181. The highest BCUT2D eigenvalue weighted by Gasteiger charge is 2.14. The third-order valence-corrected chi connectivity index (χ3v) is 3.38. The fourth-order valence-electron chi connectivity index (χ4n) is 1.15. The number of rotatable bonds is 6. The van der Waals surface area contributed by atoms with Gasteiger partial charge in [-0.2, -0.15) is 0 Å². The van der Waals surface area contributed by atoms with Crippen molar-refractivity contribution in [2.24, 2.45) is 0 Å². The molecule has 0 spiro atoms. The zero-order valence-electron chi connectivity index (χ0n) is 9.72. The first-order chi connectivity index (χ1) is 8.43. The van der Waals surface area contributed by atoms with Crippen molar-refractivity contribution >= 4 is 33.3 Å². The van der Waals surface area contributed by atoms with E-state index in [0.29, 0.717) is 5.69 Å². The molecular weight excluding hydrogens is 280 g/mol. The van der Waals surface area contributed by atoms with E-state index in [-0.39, 0.29) is 23.9 Å². The van der Waals surface area contributed by atoms with E-state index < -0.39 is 16.0 Å². The van der Waals surface area contributed by atoms with Gasteiger partial charge in [0.1, 0.15) is 5.15 Å². The van der Waals surface area contributed by atoms with Gasteiger partial charge in [0.2, 0.25) is 10.0 Å². The second-order valence-electron chi connectivity index (χ2n) is 3.34. The van der Waals surface area contributed by atoms with E-state index in [0.717, 1.165) is 0 Å². The number of esters is 1. The normalized spacial score (nSPS) is 11.0. The Morgan fingerprint density at radius 2 is 2.28 bits per heavy atom. The monoisotopic (exact) mass is 292 g/mol. The van der Waals surface area contributed by atoms with Crippen LogP contribution in [0.1, 0.15) is 13.3 Å². The second-order valence-corrected chi connectivity index (χ2v) is 5.57. The van der Waals surface area contributed by atoms with E-state index in [1.165, 1.54) is 18.3 Å². The highest BCUT2D eigenvalue weighted by molar-refractivity contribution is 7.92. The number of carbonyl (C=O) groups is 1. The van der Waals surface area contributed by atoms with Crippen LogP contribution in [-0.2, 0) is 19.6 Å². The summed E-state index contributed by atoms with van der Waals surface area (Å²) in [7, 11) is -3.60.